The third-order valence-corrected chi connectivity index (χ3v) is 2.45. The molecule has 0 saturated carbocycles. The highest BCUT2D eigenvalue weighted by molar-refractivity contribution is 9.09. The first kappa shape index (κ1) is 10.7. The van der Waals surface area contributed by atoms with Crippen molar-refractivity contribution >= 4 is 21.9 Å². The van der Waals surface area contributed by atoms with Gasteiger partial charge in [-0.3, -0.25) is 0 Å². The van der Waals surface area contributed by atoms with E-state index in [1.807, 2.05) is 6.07 Å². The molecule has 0 spiro atoms. The lowest BCUT2D eigenvalue weighted by Gasteiger charge is -2.07. The van der Waals surface area contributed by atoms with Gasteiger partial charge in [0.15, 0.2) is 0 Å². The number of nitriles is 1. The Morgan fingerprint density at radius 1 is 1.57 bits per heavy atom. The largest absolute Gasteiger partial charge is 0.465 e. The second kappa shape index (κ2) is 4.77. The van der Waals surface area contributed by atoms with Crippen LogP contribution >= 0.6 is 15.9 Å². The van der Waals surface area contributed by atoms with Crippen LogP contribution in [0.1, 0.15) is 20.7 Å². The summed E-state index contributed by atoms with van der Waals surface area (Å²) in [6.07, 6.45) is 0. The van der Waals surface area contributed by atoms with Crippen molar-refractivity contribution in [1.29, 1.82) is 5.26 Å². The maximum Gasteiger partial charge on any atom is 0.338 e. The molecule has 0 aromatic heterocycles. The monoisotopic (exact) mass is 253 g/mol. The molecule has 1 unspecified atom stereocenters. The molecule has 0 aliphatic rings. The van der Waals surface area contributed by atoms with Crippen LogP contribution in [0.25, 0.3) is 0 Å². The number of alkyl halides is 1. The second-order valence-corrected chi connectivity index (χ2v) is 3.49. The number of methoxy groups -OCH3 is 1. The molecule has 1 aromatic carbocycles. The fourth-order valence-electron chi connectivity index (χ4n) is 1.08. The van der Waals surface area contributed by atoms with E-state index in [1.165, 1.54) is 7.11 Å². The highest BCUT2D eigenvalue weighted by atomic mass is 79.9. The van der Waals surface area contributed by atoms with E-state index in [1.54, 1.807) is 24.3 Å². The summed E-state index contributed by atoms with van der Waals surface area (Å²) in [6.45, 7) is 0. The maximum atomic E-state index is 11.3. The number of halogens is 1. The minimum Gasteiger partial charge on any atom is -0.465 e. The first-order chi connectivity index (χ1) is 6.70. The fraction of sp³-hybridized carbons (Fsp3) is 0.200. The summed E-state index contributed by atoms with van der Waals surface area (Å²) in [4.78, 5) is 10.8. The molecule has 0 radical (unpaired) electrons. The van der Waals surface area contributed by atoms with E-state index < -0.39 is 10.8 Å². The Bertz CT molecular complexity index is 384. The van der Waals surface area contributed by atoms with Crippen molar-refractivity contribution in [3.63, 3.8) is 0 Å². The highest BCUT2D eigenvalue weighted by Crippen LogP contribution is 2.25. The van der Waals surface area contributed by atoms with Crippen LogP contribution in [0.4, 0.5) is 0 Å². The Morgan fingerprint density at radius 2 is 2.21 bits per heavy atom. The van der Waals surface area contributed by atoms with E-state index in [0.717, 1.165) is 0 Å². The van der Waals surface area contributed by atoms with Crippen molar-refractivity contribution in [1.82, 2.24) is 0 Å². The fourth-order valence-corrected chi connectivity index (χ4v) is 1.48. The molecule has 0 saturated heterocycles. The zero-order valence-electron chi connectivity index (χ0n) is 7.53. The average Bonchev–Trinajstić information content (AvgIpc) is 2.27. The predicted molar refractivity (Wildman–Crippen MR) is 55.1 cm³/mol. The van der Waals surface area contributed by atoms with E-state index in [9.17, 15) is 4.79 Å². The van der Waals surface area contributed by atoms with Gasteiger partial charge in [-0.25, -0.2) is 4.79 Å². The molecule has 72 valence electrons. The standard InChI is InChI=1S/C10H8BrNO2/c1-14-10(13)8-5-3-2-4-7(8)9(11)6-12/h2-5,9H,1H3. The minimum atomic E-state index is -0.488. The van der Waals surface area contributed by atoms with Crippen LogP contribution in [0, 0.1) is 11.3 Å². The zero-order valence-corrected chi connectivity index (χ0v) is 9.11. The average molecular weight is 254 g/mol. The van der Waals surface area contributed by atoms with E-state index in [2.05, 4.69) is 20.7 Å². The molecule has 3 nitrogen and oxygen atoms in total. The third-order valence-electron chi connectivity index (χ3n) is 1.75. The molecule has 1 aromatic rings. The van der Waals surface area contributed by atoms with Crippen molar-refractivity contribution in [2.45, 2.75) is 4.83 Å². The number of ether oxygens (including phenoxy) is 1. The van der Waals surface area contributed by atoms with Gasteiger partial charge in [-0.2, -0.15) is 5.26 Å². The Morgan fingerprint density at radius 3 is 2.79 bits per heavy atom. The van der Waals surface area contributed by atoms with Crippen molar-refractivity contribution in [2.75, 3.05) is 7.11 Å². The minimum absolute atomic E-state index is 0.415. The van der Waals surface area contributed by atoms with Crippen molar-refractivity contribution in [2.24, 2.45) is 0 Å². The van der Waals surface area contributed by atoms with Crippen molar-refractivity contribution in [3.8, 4) is 6.07 Å². The van der Waals surface area contributed by atoms with Gasteiger partial charge in [0.2, 0.25) is 0 Å². The summed E-state index contributed by atoms with van der Waals surface area (Å²) in [5.74, 6) is -0.430. The van der Waals surface area contributed by atoms with Crippen LogP contribution in [0.3, 0.4) is 0 Å². The molecular weight excluding hydrogens is 246 g/mol. The van der Waals surface area contributed by atoms with Gasteiger partial charge in [0.25, 0.3) is 0 Å². The summed E-state index contributed by atoms with van der Waals surface area (Å²) < 4.78 is 4.60. The zero-order chi connectivity index (χ0) is 10.6. The van der Waals surface area contributed by atoms with Gasteiger partial charge >= 0.3 is 5.97 Å². The topological polar surface area (TPSA) is 50.1 Å². The SMILES string of the molecule is COC(=O)c1ccccc1C(Br)C#N. The number of hydrogen-bond acceptors (Lipinski definition) is 3. The van der Waals surface area contributed by atoms with Crippen LogP contribution in [0.15, 0.2) is 24.3 Å². The van der Waals surface area contributed by atoms with E-state index >= 15 is 0 Å². The number of nitrogens with zero attached hydrogens (tertiary/aromatic N) is 1. The highest BCUT2D eigenvalue weighted by Gasteiger charge is 2.16. The lowest BCUT2D eigenvalue weighted by atomic mass is 10.1. The van der Waals surface area contributed by atoms with Crippen LogP contribution in [0.2, 0.25) is 0 Å². The predicted octanol–water partition coefficient (Wildman–Crippen LogP) is 2.43. The summed E-state index contributed by atoms with van der Waals surface area (Å²) in [7, 11) is 1.31. The molecule has 0 fully saturated rings. The van der Waals surface area contributed by atoms with Crippen LogP contribution in [0.5, 0.6) is 0 Å². The second-order valence-electron chi connectivity index (χ2n) is 2.57. The van der Waals surface area contributed by atoms with Gasteiger partial charge in [0.05, 0.1) is 18.7 Å². The maximum absolute atomic E-state index is 11.3. The lowest BCUT2D eigenvalue weighted by Crippen LogP contribution is -2.05. The van der Waals surface area contributed by atoms with Gasteiger partial charge in [-0.1, -0.05) is 34.1 Å². The Balaban J connectivity index is 3.17. The summed E-state index contributed by atoms with van der Waals surface area (Å²) >= 11 is 3.16. The number of esters is 1. The van der Waals surface area contributed by atoms with Crippen LogP contribution < -0.4 is 0 Å². The molecule has 1 atom stereocenters. The summed E-state index contributed by atoms with van der Waals surface area (Å²) in [5, 5.41) is 8.72. The Labute approximate surface area is 90.4 Å². The first-order valence-electron chi connectivity index (χ1n) is 3.91. The summed E-state index contributed by atoms with van der Waals surface area (Å²) in [5.41, 5.74) is 1.04. The molecule has 0 aliphatic heterocycles. The quantitative estimate of drug-likeness (QED) is 0.601. The molecule has 0 heterocycles. The molecule has 1 rings (SSSR count). The molecule has 14 heavy (non-hydrogen) atoms. The molecule has 0 amide bonds. The van der Waals surface area contributed by atoms with Crippen LogP contribution in [-0.2, 0) is 4.74 Å². The molecule has 4 heteroatoms. The van der Waals surface area contributed by atoms with Crippen LogP contribution in [-0.4, -0.2) is 13.1 Å². The van der Waals surface area contributed by atoms with E-state index in [-0.39, 0.29) is 0 Å². The number of benzene rings is 1. The van der Waals surface area contributed by atoms with Gasteiger partial charge in [-0.15, -0.1) is 0 Å². The van der Waals surface area contributed by atoms with Crippen molar-refractivity contribution < 1.29 is 9.53 Å². The molecule has 0 aliphatic carbocycles. The van der Waals surface area contributed by atoms with Gasteiger partial charge in [-0.05, 0) is 11.6 Å². The van der Waals surface area contributed by atoms with Gasteiger partial charge in [0, 0.05) is 0 Å². The number of carbonyl (C=O) groups excluding carboxylic acids is 1. The van der Waals surface area contributed by atoms with Crippen molar-refractivity contribution in [3.05, 3.63) is 35.4 Å². The lowest BCUT2D eigenvalue weighted by molar-refractivity contribution is 0.0599. The molecule has 0 N–H and O–H groups in total. The third kappa shape index (κ3) is 2.12. The van der Waals surface area contributed by atoms with E-state index in [0.29, 0.717) is 11.1 Å². The smallest absolute Gasteiger partial charge is 0.338 e. The molecular formula is C10H8BrNO2. The summed E-state index contributed by atoms with van der Waals surface area (Å²) in [6, 6.07) is 8.86. The first-order valence-corrected chi connectivity index (χ1v) is 4.83. The number of carbonyl (C=O) groups is 1. The van der Waals surface area contributed by atoms with Gasteiger partial charge in [0.1, 0.15) is 4.83 Å². The van der Waals surface area contributed by atoms with Gasteiger partial charge < -0.3 is 4.74 Å². The number of hydrogen-bond donors (Lipinski definition) is 0. The number of rotatable bonds is 2. The Kier molecular flexibility index (Phi) is 3.66. The Hall–Kier alpha value is -1.34. The normalized spacial score (nSPS) is 11.5. The van der Waals surface area contributed by atoms with E-state index in [4.69, 9.17) is 5.26 Å². The molecule has 0 bridgehead atoms.